The molecule has 0 aromatic heterocycles. The zero-order valence-corrected chi connectivity index (χ0v) is 33.3. The molecule has 0 aliphatic carbocycles. The number of allylic oxidation sites excluding steroid dienone is 5. The molecule has 0 aliphatic rings. The predicted octanol–water partition coefficient (Wildman–Crippen LogP) is 11.2. The van der Waals surface area contributed by atoms with Gasteiger partial charge in [-0.2, -0.15) is 0 Å². The lowest BCUT2D eigenvalue weighted by atomic mass is 10.0. The highest BCUT2D eigenvalue weighted by Gasteiger charge is 2.26. The van der Waals surface area contributed by atoms with E-state index in [9.17, 15) is 19.4 Å². The number of unbranched alkanes of at least 4 members (excludes halogenated alkanes) is 22. The minimum atomic E-state index is -4.34. The molecule has 3 atom stereocenters. The van der Waals surface area contributed by atoms with Crippen LogP contribution in [0.3, 0.4) is 0 Å². The van der Waals surface area contributed by atoms with Gasteiger partial charge in [-0.15, -0.1) is 0 Å². The van der Waals surface area contributed by atoms with Gasteiger partial charge in [-0.3, -0.25) is 13.8 Å². The van der Waals surface area contributed by atoms with Crippen LogP contribution in [0.2, 0.25) is 0 Å². The molecule has 8 nitrogen and oxygen atoms in total. The normalized spacial score (nSPS) is 14.6. The fourth-order valence-electron chi connectivity index (χ4n) is 5.81. The monoisotopic (exact) mass is 727 g/mol. The van der Waals surface area contributed by atoms with E-state index in [0.717, 1.165) is 51.4 Å². The Kier molecular flexibility index (Phi) is 36.5. The van der Waals surface area contributed by atoms with Crippen LogP contribution in [-0.4, -0.2) is 47.8 Å². The van der Waals surface area contributed by atoms with Crippen molar-refractivity contribution in [2.45, 2.75) is 199 Å². The summed E-state index contributed by atoms with van der Waals surface area (Å²) in [5.41, 5.74) is 5.36. The first-order valence-electron chi connectivity index (χ1n) is 20.6. The Hall–Kier alpha value is -1.28. The van der Waals surface area contributed by atoms with Crippen LogP contribution in [0.1, 0.15) is 187 Å². The Balaban J connectivity index is 4.27. The summed E-state index contributed by atoms with van der Waals surface area (Å²) in [6, 6.07) is -0.862. The fourth-order valence-corrected chi connectivity index (χ4v) is 6.57. The van der Waals surface area contributed by atoms with Crippen LogP contribution in [0, 0.1) is 0 Å². The molecule has 3 unspecified atom stereocenters. The van der Waals surface area contributed by atoms with E-state index in [1.165, 1.54) is 116 Å². The average molecular weight is 727 g/mol. The van der Waals surface area contributed by atoms with E-state index in [1.54, 1.807) is 6.08 Å². The zero-order chi connectivity index (χ0) is 36.8. The molecule has 0 heterocycles. The lowest BCUT2D eigenvalue weighted by Crippen LogP contribution is -2.45. The maximum atomic E-state index is 12.7. The van der Waals surface area contributed by atoms with Crippen LogP contribution >= 0.6 is 7.82 Å². The van der Waals surface area contributed by atoms with Gasteiger partial charge in [0.05, 0.1) is 25.4 Å². The molecule has 0 saturated heterocycles. The van der Waals surface area contributed by atoms with Gasteiger partial charge in [0.2, 0.25) is 5.91 Å². The minimum Gasteiger partial charge on any atom is -0.387 e. The van der Waals surface area contributed by atoms with Crippen molar-refractivity contribution in [1.29, 1.82) is 0 Å². The summed E-state index contributed by atoms with van der Waals surface area (Å²) in [4.78, 5) is 22.6. The molecule has 0 bridgehead atoms. The van der Waals surface area contributed by atoms with E-state index in [4.69, 9.17) is 14.8 Å². The number of carbonyl (C=O) groups is 1. The number of phosphoric acid groups is 1. The van der Waals surface area contributed by atoms with Gasteiger partial charge in [0.25, 0.3) is 0 Å². The second-order valence-electron chi connectivity index (χ2n) is 13.8. The number of aliphatic hydroxyl groups is 1. The molecule has 9 heteroatoms. The van der Waals surface area contributed by atoms with Crippen LogP contribution in [-0.2, 0) is 18.4 Å². The van der Waals surface area contributed by atoms with Crippen molar-refractivity contribution in [3.63, 3.8) is 0 Å². The SMILES string of the molecule is CCCCC/C=C\C/C=C\CCCCCCCCCC(=O)NC(COP(=O)(O)OCCN)C(O)/C=C/CCCCCCCCCCCCCC. The highest BCUT2D eigenvalue weighted by atomic mass is 31.2. The molecule has 1 amide bonds. The number of hydrogen-bond donors (Lipinski definition) is 4. The van der Waals surface area contributed by atoms with Crippen molar-refractivity contribution >= 4 is 13.7 Å². The number of phosphoric ester groups is 1. The van der Waals surface area contributed by atoms with Crippen LogP contribution in [0.15, 0.2) is 36.5 Å². The van der Waals surface area contributed by atoms with Crippen molar-refractivity contribution < 1.29 is 28.4 Å². The van der Waals surface area contributed by atoms with Gasteiger partial charge in [0, 0.05) is 13.0 Å². The molecule has 5 N–H and O–H groups in total. The summed E-state index contributed by atoms with van der Waals surface area (Å²) in [5, 5.41) is 13.6. The fraction of sp³-hybridized carbons (Fsp3) is 0.829. The Labute approximate surface area is 308 Å². The van der Waals surface area contributed by atoms with Crippen molar-refractivity contribution in [3.8, 4) is 0 Å². The molecule has 0 spiro atoms. The van der Waals surface area contributed by atoms with Crippen LogP contribution in [0.25, 0.3) is 0 Å². The van der Waals surface area contributed by atoms with Gasteiger partial charge < -0.3 is 21.1 Å². The molecule has 0 saturated carbocycles. The maximum absolute atomic E-state index is 12.7. The van der Waals surface area contributed by atoms with E-state index in [2.05, 4.69) is 43.5 Å². The summed E-state index contributed by atoms with van der Waals surface area (Å²) < 4.78 is 22.1. The smallest absolute Gasteiger partial charge is 0.387 e. The Morgan fingerprint density at radius 1 is 0.660 bits per heavy atom. The van der Waals surface area contributed by atoms with E-state index in [1.807, 2.05) is 6.08 Å². The van der Waals surface area contributed by atoms with E-state index >= 15 is 0 Å². The highest BCUT2D eigenvalue weighted by Crippen LogP contribution is 2.43. The Bertz CT molecular complexity index is 881. The first kappa shape index (κ1) is 48.7. The summed E-state index contributed by atoms with van der Waals surface area (Å²) in [7, 11) is -4.34. The molecule has 0 aromatic carbocycles. The summed E-state index contributed by atoms with van der Waals surface area (Å²) >= 11 is 0. The second kappa shape index (κ2) is 37.5. The molecule has 294 valence electrons. The number of aliphatic hydroxyl groups excluding tert-OH is 1. The molecule has 0 radical (unpaired) electrons. The van der Waals surface area contributed by atoms with Gasteiger partial charge in [0.1, 0.15) is 0 Å². The van der Waals surface area contributed by atoms with Gasteiger partial charge in [-0.1, -0.05) is 166 Å². The molecular formula is C41H79N2O6P. The number of nitrogens with two attached hydrogens (primary N) is 1. The van der Waals surface area contributed by atoms with Gasteiger partial charge in [-0.25, -0.2) is 4.57 Å². The van der Waals surface area contributed by atoms with Crippen molar-refractivity contribution in [2.24, 2.45) is 5.73 Å². The lowest BCUT2D eigenvalue weighted by molar-refractivity contribution is -0.123. The highest BCUT2D eigenvalue weighted by molar-refractivity contribution is 7.47. The van der Waals surface area contributed by atoms with Crippen molar-refractivity contribution in [3.05, 3.63) is 36.5 Å². The van der Waals surface area contributed by atoms with Crippen molar-refractivity contribution in [2.75, 3.05) is 19.8 Å². The molecule has 50 heavy (non-hydrogen) atoms. The first-order valence-corrected chi connectivity index (χ1v) is 22.1. The number of rotatable bonds is 38. The third kappa shape index (κ3) is 35.1. The molecule has 0 aromatic rings. The predicted molar refractivity (Wildman–Crippen MR) is 212 cm³/mol. The quantitative estimate of drug-likeness (QED) is 0.0283. The van der Waals surface area contributed by atoms with Crippen LogP contribution in [0.4, 0.5) is 0 Å². The number of hydrogen-bond acceptors (Lipinski definition) is 6. The topological polar surface area (TPSA) is 131 Å². The number of nitrogens with one attached hydrogen (secondary N) is 1. The van der Waals surface area contributed by atoms with Gasteiger partial charge in [0.15, 0.2) is 0 Å². The largest absolute Gasteiger partial charge is 0.472 e. The third-order valence-electron chi connectivity index (χ3n) is 8.96. The summed E-state index contributed by atoms with van der Waals surface area (Å²) in [6.45, 7) is 4.09. The first-order chi connectivity index (χ1) is 24.4. The second-order valence-corrected chi connectivity index (χ2v) is 15.3. The van der Waals surface area contributed by atoms with Crippen molar-refractivity contribution in [1.82, 2.24) is 5.32 Å². The van der Waals surface area contributed by atoms with Crippen LogP contribution in [0.5, 0.6) is 0 Å². The van der Waals surface area contributed by atoms with E-state index in [0.29, 0.717) is 6.42 Å². The number of amides is 1. The minimum absolute atomic E-state index is 0.0767. The molecule has 0 fully saturated rings. The maximum Gasteiger partial charge on any atom is 0.472 e. The Morgan fingerprint density at radius 3 is 1.62 bits per heavy atom. The zero-order valence-electron chi connectivity index (χ0n) is 32.4. The van der Waals surface area contributed by atoms with Crippen LogP contribution < -0.4 is 11.1 Å². The van der Waals surface area contributed by atoms with Gasteiger partial charge in [-0.05, 0) is 51.4 Å². The average Bonchev–Trinajstić information content (AvgIpc) is 3.10. The summed E-state index contributed by atoms with van der Waals surface area (Å²) in [6.07, 6.45) is 43.2. The molecule has 0 aliphatic heterocycles. The third-order valence-corrected chi connectivity index (χ3v) is 9.94. The van der Waals surface area contributed by atoms with E-state index < -0.39 is 20.0 Å². The van der Waals surface area contributed by atoms with E-state index in [-0.39, 0.29) is 25.7 Å². The standard InChI is InChI=1S/C41H79N2O6P/c1-3-5-7-9-11-13-15-17-19-20-21-23-25-27-29-31-33-35-41(45)43-39(38-49-50(46,47)48-37-36-42)40(44)34-32-30-28-26-24-22-18-16-14-12-10-8-6-4-2/h11,13,17,19,32,34,39-40,44H,3-10,12,14-16,18,20-31,33,35-38,42H2,1-2H3,(H,43,45)(H,46,47)/b13-11-,19-17-,34-32+. The Morgan fingerprint density at radius 2 is 1.10 bits per heavy atom. The number of carbonyl (C=O) groups excluding carboxylic acids is 1. The summed E-state index contributed by atoms with van der Waals surface area (Å²) in [5.74, 6) is -0.203. The molecule has 0 rings (SSSR count). The lowest BCUT2D eigenvalue weighted by Gasteiger charge is -2.23. The van der Waals surface area contributed by atoms with Gasteiger partial charge >= 0.3 is 7.82 Å². The molecular weight excluding hydrogens is 647 g/mol.